The average Bonchev–Trinajstić information content (AvgIpc) is 2.25. The fourth-order valence-electron chi connectivity index (χ4n) is 1.35. The van der Waals surface area contributed by atoms with Gasteiger partial charge in [-0.05, 0) is 19.4 Å². The minimum atomic E-state index is -0.318. The lowest BCUT2D eigenvalue weighted by molar-refractivity contribution is -0.150. The zero-order valence-electron chi connectivity index (χ0n) is 9.97. The molecule has 88 valence electrons. The van der Waals surface area contributed by atoms with Gasteiger partial charge in [-0.25, -0.2) is 0 Å². The minimum Gasteiger partial charge on any atom is -0.455 e. The first-order valence-electron chi connectivity index (χ1n) is 5.43. The maximum Gasteiger partial charge on any atom is 0.303 e. The highest BCUT2D eigenvalue weighted by Gasteiger charge is 2.15. The van der Waals surface area contributed by atoms with Crippen molar-refractivity contribution in [3.8, 4) is 0 Å². The number of esters is 1. The second-order valence-corrected chi connectivity index (χ2v) is 3.89. The summed E-state index contributed by atoms with van der Waals surface area (Å²) in [6.45, 7) is 5.71. The summed E-state index contributed by atoms with van der Waals surface area (Å²) in [5.74, 6) is -0.291. The van der Waals surface area contributed by atoms with E-state index in [1.165, 1.54) is 6.92 Å². The number of carbonyl (C=O) groups is 1. The highest BCUT2D eigenvalue weighted by molar-refractivity contribution is 5.66. The van der Waals surface area contributed by atoms with E-state index in [0.717, 1.165) is 5.56 Å². The lowest BCUT2D eigenvalue weighted by atomic mass is 10.1. The molecule has 0 N–H and O–H groups in total. The van der Waals surface area contributed by atoms with Crippen LogP contribution in [0.4, 0.5) is 0 Å². The van der Waals surface area contributed by atoms with Crippen LogP contribution in [0, 0.1) is 0 Å². The fourth-order valence-corrected chi connectivity index (χ4v) is 1.35. The number of hydrogen-bond acceptors (Lipinski definition) is 3. The molecule has 1 aromatic carbocycles. The van der Waals surface area contributed by atoms with Crippen molar-refractivity contribution in [1.82, 2.24) is 0 Å². The van der Waals surface area contributed by atoms with Crippen LogP contribution in [-0.4, -0.2) is 18.7 Å². The van der Waals surface area contributed by atoms with E-state index in [1.807, 2.05) is 44.2 Å². The molecule has 3 heteroatoms. The fraction of sp³-hybridized carbons (Fsp3) is 0.462. The Labute approximate surface area is 96.4 Å². The third-order valence-electron chi connectivity index (χ3n) is 2.06. The van der Waals surface area contributed by atoms with Gasteiger partial charge in [0.15, 0.2) is 6.10 Å². The molecule has 0 saturated heterocycles. The van der Waals surface area contributed by atoms with Gasteiger partial charge in [-0.15, -0.1) is 0 Å². The Morgan fingerprint density at radius 2 is 1.88 bits per heavy atom. The first kappa shape index (κ1) is 12.7. The molecule has 1 rings (SSSR count). The summed E-state index contributed by atoms with van der Waals surface area (Å²) in [6, 6.07) is 9.62. The molecule has 0 heterocycles. The normalized spacial score (nSPS) is 12.5. The summed E-state index contributed by atoms with van der Waals surface area (Å²) in [7, 11) is 0. The Hall–Kier alpha value is -1.35. The molecular weight excluding hydrogens is 204 g/mol. The Morgan fingerprint density at radius 1 is 1.25 bits per heavy atom. The van der Waals surface area contributed by atoms with Crippen LogP contribution < -0.4 is 0 Å². The Morgan fingerprint density at radius 3 is 2.38 bits per heavy atom. The van der Waals surface area contributed by atoms with Gasteiger partial charge in [0, 0.05) is 6.92 Å². The van der Waals surface area contributed by atoms with E-state index < -0.39 is 0 Å². The van der Waals surface area contributed by atoms with Crippen molar-refractivity contribution in [2.45, 2.75) is 33.0 Å². The molecule has 16 heavy (non-hydrogen) atoms. The van der Waals surface area contributed by atoms with Crippen LogP contribution >= 0.6 is 0 Å². The average molecular weight is 222 g/mol. The topological polar surface area (TPSA) is 35.5 Å². The summed E-state index contributed by atoms with van der Waals surface area (Å²) in [6.07, 6.45) is -0.192. The maximum absolute atomic E-state index is 11.0. The summed E-state index contributed by atoms with van der Waals surface area (Å²) in [5, 5.41) is 0. The van der Waals surface area contributed by atoms with Gasteiger partial charge in [0.2, 0.25) is 0 Å². The number of rotatable bonds is 5. The zero-order valence-corrected chi connectivity index (χ0v) is 9.97. The largest absolute Gasteiger partial charge is 0.455 e. The molecule has 0 aliphatic heterocycles. The van der Waals surface area contributed by atoms with Crippen LogP contribution in [-0.2, 0) is 14.3 Å². The molecule has 0 amide bonds. The summed E-state index contributed by atoms with van der Waals surface area (Å²) in [4.78, 5) is 11.0. The van der Waals surface area contributed by atoms with Gasteiger partial charge in [-0.3, -0.25) is 4.79 Å². The van der Waals surface area contributed by atoms with Crippen LogP contribution in [0.2, 0.25) is 0 Å². The Bertz CT molecular complexity index is 319. The van der Waals surface area contributed by atoms with E-state index in [4.69, 9.17) is 9.47 Å². The molecule has 3 nitrogen and oxygen atoms in total. The summed E-state index contributed by atoms with van der Waals surface area (Å²) < 4.78 is 10.7. The van der Waals surface area contributed by atoms with Gasteiger partial charge in [0.05, 0.1) is 12.7 Å². The van der Waals surface area contributed by atoms with E-state index in [0.29, 0.717) is 6.61 Å². The van der Waals surface area contributed by atoms with Crippen LogP contribution in [0.1, 0.15) is 32.4 Å². The predicted molar refractivity (Wildman–Crippen MR) is 62.0 cm³/mol. The number of carbonyl (C=O) groups excluding carboxylic acids is 1. The lowest BCUT2D eigenvalue weighted by Crippen LogP contribution is -2.17. The van der Waals surface area contributed by atoms with Crippen molar-refractivity contribution < 1.29 is 14.3 Å². The maximum atomic E-state index is 11.0. The van der Waals surface area contributed by atoms with Gasteiger partial charge >= 0.3 is 5.97 Å². The van der Waals surface area contributed by atoms with E-state index in [1.54, 1.807) is 0 Å². The molecule has 0 spiro atoms. The highest BCUT2D eigenvalue weighted by Crippen LogP contribution is 2.18. The molecule has 0 radical (unpaired) electrons. The molecule has 1 atom stereocenters. The monoisotopic (exact) mass is 222 g/mol. The van der Waals surface area contributed by atoms with Gasteiger partial charge in [0.1, 0.15) is 0 Å². The number of ether oxygens (including phenoxy) is 2. The summed E-state index contributed by atoms with van der Waals surface area (Å²) in [5.41, 5.74) is 0.957. The quantitative estimate of drug-likeness (QED) is 0.718. The van der Waals surface area contributed by atoms with Crippen molar-refractivity contribution >= 4 is 5.97 Å². The molecule has 1 unspecified atom stereocenters. The molecular formula is C13H18O3. The van der Waals surface area contributed by atoms with Crippen LogP contribution in [0.15, 0.2) is 30.3 Å². The molecule has 0 saturated carbocycles. The predicted octanol–water partition coefficient (Wildman–Crippen LogP) is 2.72. The van der Waals surface area contributed by atoms with Crippen molar-refractivity contribution in [2.75, 3.05) is 6.61 Å². The van der Waals surface area contributed by atoms with Crippen molar-refractivity contribution in [3.05, 3.63) is 35.9 Å². The van der Waals surface area contributed by atoms with Gasteiger partial charge in [0.25, 0.3) is 0 Å². The van der Waals surface area contributed by atoms with Crippen LogP contribution in [0.25, 0.3) is 0 Å². The highest BCUT2D eigenvalue weighted by atomic mass is 16.6. The van der Waals surface area contributed by atoms with Crippen molar-refractivity contribution in [2.24, 2.45) is 0 Å². The van der Waals surface area contributed by atoms with Crippen molar-refractivity contribution in [3.63, 3.8) is 0 Å². The standard InChI is InChI=1S/C13H18O3/c1-10(2)15-9-13(16-11(3)14)12-7-5-4-6-8-12/h4-8,10,13H,9H2,1-3H3. The molecule has 0 aliphatic rings. The third kappa shape index (κ3) is 4.45. The third-order valence-corrected chi connectivity index (χ3v) is 2.06. The first-order valence-corrected chi connectivity index (χ1v) is 5.43. The molecule has 1 aromatic rings. The van der Waals surface area contributed by atoms with E-state index >= 15 is 0 Å². The SMILES string of the molecule is CC(=O)OC(COC(C)C)c1ccccc1. The Balaban J connectivity index is 2.67. The summed E-state index contributed by atoms with van der Waals surface area (Å²) >= 11 is 0. The smallest absolute Gasteiger partial charge is 0.303 e. The zero-order chi connectivity index (χ0) is 12.0. The molecule has 0 fully saturated rings. The van der Waals surface area contributed by atoms with E-state index in [9.17, 15) is 4.79 Å². The van der Waals surface area contributed by atoms with Crippen LogP contribution in [0.5, 0.6) is 0 Å². The second-order valence-electron chi connectivity index (χ2n) is 3.89. The van der Waals surface area contributed by atoms with E-state index in [-0.39, 0.29) is 18.2 Å². The van der Waals surface area contributed by atoms with Gasteiger partial charge in [-0.1, -0.05) is 30.3 Å². The number of hydrogen-bond donors (Lipinski definition) is 0. The first-order chi connectivity index (χ1) is 7.59. The Kier molecular flexibility index (Phi) is 4.99. The lowest BCUT2D eigenvalue weighted by Gasteiger charge is -2.18. The number of benzene rings is 1. The van der Waals surface area contributed by atoms with Gasteiger partial charge in [-0.2, -0.15) is 0 Å². The van der Waals surface area contributed by atoms with Gasteiger partial charge < -0.3 is 9.47 Å². The minimum absolute atomic E-state index is 0.127. The molecule has 0 aromatic heterocycles. The van der Waals surface area contributed by atoms with E-state index in [2.05, 4.69) is 0 Å². The van der Waals surface area contributed by atoms with Crippen LogP contribution in [0.3, 0.4) is 0 Å². The molecule has 0 bridgehead atoms. The van der Waals surface area contributed by atoms with Crippen molar-refractivity contribution in [1.29, 1.82) is 0 Å². The second kappa shape index (κ2) is 6.28. The molecule has 0 aliphatic carbocycles.